The second kappa shape index (κ2) is 9.93. The third-order valence-corrected chi connectivity index (χ3v) is 8.56. The van der Waals surface area contributed by atoms with Gasteiger partial charge in [-0.2, -0.15) is 12.7 Å². The molecule has 0 bridgehead atoms. The molecule has 8 heteroatoms. The van der Waals surface area contributed by atoms with Crippen molar-refractivity contribution in [1.82, 2.24) is 13.6 Å². The van der Waals surface area contributed by atoms with E-state index in [2.05, 4.69) is 29.2 Å². The van der Waals surface area contributed by atoms with E-state index in [0.29, 0.717) is 25.3 Å². The Balaban J connectivity index is 1.64. The summed E-state index contributed by atoms with van der Waals surface area (Å²) in [4.78, 5) is 0. The molecule has 5 rings (SSSR count). The molecule has 0 unspecified atom stereocenters. The molecule has 1 fully saturated rings. The van der Waals surface area contributed by atoms with Crippen LogP contribution in [0.1, 0.15) is 48.1 Å². The lowest BCUT2D eigenvalue weighted by Crippen LogP contribution is -2.52. The summed E-state index contributed by atoms with van der Waals surface area (Å²) in [6, 6.07) is 21.2. The van der Waals surface area contributed by atoms with Crippen molar-refractivity contribution >= 4 is 21.1 Å². The quantitative estimate of drug-likeness (QED) is 0.326. The summed E-state index contributed by atoms with van der Waals surface area (Å²) >= 11 is 0. The number of nitrogens with zero attached hydrogens (tertiary/aromatic N) is 2. The molecule has 1 saturated heterocycles. The molecule has 0 atom stereocenters. The lowest BCUT2D eigenvalue weighted by molar-refractivity contribution is 0.261. The van der Waals surface area contributed by atoms with E-state index in [1.54, 1.807) is 13.0 Å². The molecule has 1 N–H and O–H groups in total. The number of fused-ring (bicyclic) bond motifs is 1. The lowest BCUT2D eigenvalue weighted by Gasteiger charge is -2.38. The topological polar surface area (TPSA) is 63.6 Å². The smallest absolute Gasteiger partial charge is 0.279 e. The van der Waals surface area contributed by atoms with Crippen LogP contribution < -0.4 is 9.46 Å². The van der Waals surface area contributed by atoms with Crippen molar-refractivity contribution in [3.63, 3.8) is 0 Å². The van der Waals surface area contributed by atoms with Gasteiger partial charge in [-0.25, -0.2) is 9.11 Å². The van der Waals surface area contributed by atoms with Gasteiger partial charge in [-0.3, -0.25) is 0 Å². The first-order valence-corrected chi connectivity index (χ1v) is 13.9. The number of aromatic nitrogens is 1. The number of halogens is 1. The van der Waals surface area contributed by atoms with Gasteiger partial charge >= 0.3 is 0 Å². The first kappa shape index (κ1) is 25.4. The Bertz CT molecular complexity index is 1540. The monoisotopic (exact) mass is 521 g/mol. The third kappa shape index (κ3) is 4.77. The molecular formula is C29H32FN3O3S. The molecule has 0 spiro atoms. The van der Waals surface area contributed by atoms with E-state index >= 15 is 0 Å². The molecular weight excluding hydrogens is 489 g/mol. The average molecular weight is 522 g/mol. The Morgan fingerprint density at radius 3 is 2.43 bits per heavy atom. The van der Waals surface area contributed by atoms with Gasteiger partial charge in [0, 0.05) is 42.8 Å². The highest BCUT2D eigenvalue weighted by Crippen LogP contribution is 2.43. The van der Waals surface area contributed by atoms with Gasteiger partial charge in [0.25, 0.3) is 10.2 Å². The van der Waals surface area contributed by atoms with Crippen LogP contribution in [0.5, 0.6) is 5.75 Å². The van der Waals surface area contributed by atoms with Crippen molar-refractivity contribution in [2.75, 3.05) is 20.1 Å². The second-order valence-corrected chi connectivity index (χ2v) is 11.8. The van der Waals surface area contributed by atoms with Crippen molar-refractivity contribution in [2.45, 2.75) is 39.2 Å². The van der Waals surface area contributed by atoms with E-state index in [0.717, 1.165) is 39.2 Å². The van der Waals surface area contributed by atoms with Gasteiger partial charge in [-0.1, -0.05) is 44.2 Å². The molecule has 0 radical (unpaired) electrons. The van der Waals surface area contributed by atoms with Crippen molar-refractivity contribution in [3.8, 4) is 11.4 Å². The molecule has 194 valence electrons. The minimum atomic E-state index is -3.48. The van der Waals surface area contributed by atoms with Gasteiger partial charge in [-0.05, 0) is 65.9 Å². The van der Waals surface area contributed by atoms with Crippen LogP contribution in [0.15, 0.2) is 66.7 Å². The largest absolute Gasteiger partial charge is 0.489 e. The Kier molecular flexibility index (Phi) is 6.83. The van der Waals surface area contributed by atoms with Gasteiger partial charge in [-0.15, -0.1) is 0 Å². The summed E-state index contributed by atoms with van der Waals surface area (Å²) < 4.78 is 51.1. The molecule has 6 nitrogen and oxygen atoms in total. The zero-order valence-electron chi connectivity index (χ0n) is 21.5. The highest BCUT2D eigenvalue weighted by molar-refractivity contribution is 7.87. The normalized spacial score (nSPS) is 14.9. The van der Waals surface area contributed by atoms with Crippen molar-refractivity contribution in [1.29, 1.82) is 0 Å². The maximum atomic E-state index is 14.2. The number of aryl methyl sites for hydroxylation is 1. The summed E-state index contributed by atoms with van der Waals surface area (Å²) in [7, 11) is -2.05. The average Bonchev–Trinajstić information content (AvgIpc) is 3.18. The van der Waals surface area contributed by atoms with Crippen LogP contribution in [0.3, 0.4) is 0 Å². The van der Waals surface area contributed by atoms with Gasteiger partial charge < -0.3 is 9.30 Å². The van der Waals surface area contributed by atoms with Gasteiger partial charge in [0.05, 0.1) is 5.52 Å². The predicted molar refractivity (Wildman–Crippen MR) is 145 cm³/mol. The van der Waals surface area contributed by atoms with E-state index in [1.165, 1.54) is 17.4 Å². The maximum Gasteiger partial charge on any atom is 0.279 e. The van der Waals surface area contributed by atoms with Crippen LogP contribution in [0.25, 0.3) is 16.6 Å². The second-order valence-electron chi connectivity index (χ2n) is 9.90. The van der Waals surface area contributed by atoms with Crippen LogP contribution >= 0.6 is 0 Å². The molecule has 37 heavy (non-hydrogen) atoms. The number of ether oxygens (including phenoxy) is 1. The van der Waals surface area contributed by atoms with Gasteiger partial charge in [0.1, 0.15) is 18.2 Å². The van der Waals surface area contributed by atoms with E-state index in [9.17, 15) is 12.8 Å². The van der Waals surface area contributed by atoms with Crippen molar-refractivity contribution in [2.24, 2.45) is 0 Å². The number of rotatable bonds is 8. The Labute approximate surface area is 217 Å². The van der Waals surface area contributed by atoms with Crippen molar-refractivity contribution in [3.05, 3.63) is 94.9 Å². The van der Waals surface area contributed by atoms with Crippen molar-refractivity contribution < 1.29 is 17.5 Å². The van der Waals surface area contributed by atoms with E-state index in [1.807, 2.05) is 48.5 Å². The molecule has 0 saturated carbocycles. The zero-order chi connectivity index (χ0) is 26.3. The number of hydrogen-bond acceptors (Lipinski definition) is 3. The van der Waals surface area contributed by atoms with Gasteiger partial charge in [0.2, 0.25) is 0 Å². The fourth-order valence-corrected chi connectivity index (χ4v) is 6.15. The molecule has 3 aromatic carbocycles. The number of benzene rings is 3. The van der Waals surface area contributed by atoms with Crippen LogP contribution in [0, 0.1) is 12.7 Å². The molecule has 1 aliphatic rings. The molecule has 0 amide bonds. The first-order chi connectivity index (χ1) is 17.7. The van der Waals surface area contributed by atoms with Crippen LogP contribution in [-0.2, 0) is 16.8 Å². The summed E-state index contributed by atoms with van der Waals surface area (Å²) in [5.41, 5.74) is 5.76. The Morgan fingerprint density at radius 1 is 1.05 bits per heavy atom. The van der Waals surface area contributed by atoms with Crippen LogP contribution in [-0.4, -0.2) is 37.4 Å². The minimum Gasteiger partial charge on any atom is -0.489 e. The predicted octanol–water partition coefficient (Wildman–Crippen LogP) is 5.64. The molecule has 0 aliphatic carbocycles. The zero-order valence-corrected chi connectivity index (χ0v) is 22.3. The fourth-order valence-electron chi connectivity index (χ4n) is 5.14. The third-order valence-electron chi connectivity index (χ3n) is 7.07. The Hall–Kier alpha value is -3.20. The summed E-state index contributed by atoms with van der Waals surface area (Å²) in [5, 5.41) is 1.03. The first-order valence-electron chi connectivity index (χ1n) is 12.5. The molecule has 2 heterocycles. The fraction of sp³-hybridized carbons (Fsp3) is 0.310. The standard InChI is InChI=1S/C29H32FN3O3S/c1-19(2)29-28(22-16-32(17-22)37(34,35)31-4)25-15-24(36-18-21-8-6-5-7-9-21)11-13-27(25)33(29)23-10-12-26(30)20(3)14-23/h5-15,19,22,31H,16-18H2,1-4H3. The highest BCUT2D eigenvalue weighted by Gasteiger charge is 2.39. The lowest BCUT2D eigenvalue weighted by atomic mass is 9.88. The van der Waals surface area contributed by atoms with Crippen LogP contribution in [0.4, 0.5) is 4.39 Å². The maximum absolute atomic E-state index is 14.2. The van der Waals surface area contributed by atoms with E-state index in [4.69, 9.17) is 4.74 Å². The van der Waals surface area contributed by atoms with E-state index < -0.39 is 10.2 Å². The minimum absolute atomic E-state index is 0.0372. The SMILES string of the molecule is CNS(=O)(=O)N1CC(c2c(C(C)C)n(-c3ccc(F)c(C)c3)c3ccc(OCc4ccccc4)cc23)C1. The number of nitrogens with one attached hydrogen (secondary N) is 1. The van der Waals surface area contributed by atoms with E-state index in [-0.39, 0.29) is 17.7 Å². The number of hydrogen-bond donors (Lipinski definition) is 1. The Morgan fingerprint density at radius 2 is 1.78 bits per heavy atom. The molecule has 4 aromatic rings. The summed E-state index contributed by atoms with van der Waals surface area (Å²) in [6.07, 6.45) is 0. The highest BCUT2D eigenvalue weighted by atomic mass is 32.2. The summed E-state index contributed by atoms with van der Waals surface area (Å²) in [6.45, 7) is 7.30. The molecule has 1 aromatic heterocycles. The summed E-state index contributed by atoms with van der Waals surface area (Å²) in [5.74, 6) is 0.695. The molecule has 1 aliphatic heterocycles. The van der Waals surface area contributed by atoms with Crippen LogP contribution in [0.2, 0.25) is 0 Å². The van der Waals surface area contributed by atoms with Gasteiger partial charge in [0.15, 0.2) is 0 Å².